The van der Waals surface area contributed by atoms with Crippen molar-refractivity contribution in [1.82, 2.24) is 59.6 Å². The number of carbonyl (C=O) groups is 3. The fraction of sp³-hybridized carbons (Fsp3) is 0.455. The number of aromatic nitrogens is 9. The number of nitrogens with one attached hydrogen (secondary N) is 5. The predicted molar refractivity (Wildman–Crippen MR) is 320 cm³/mol. The van der Waals surface area contributed by atoms with Crippen molar-refractivity contribution in [3.8, 4) is 0 Å². The van der Waals surface area contributed by atoms with Crippen LogP contribution in [-0.2, 0) is 36.3 Å². The first-order valence-electron chi connectivity index (χ1n) is 26.7. The van der Waals surface area contributed by atoms with Crippen molar-refractivity contribution >= 4 is 110 Å². The Kier molecular flexibility index (Phi) is 20.1. The standard InChI is InChI=1S/2C18H20ClN5O2.C12H12BrClN2O2.C6H9N3.CH4.ClH/c2*1-2-11-9-20-10-21-15(11)22-13-8-12(19)14-16(25)23-18(24(14)17(13)26)6-4-3-5-7-18;13-7-6-8(14)9-10(17)15-12(16(9)11(7)18)4-2-1-3-5-12;1-2-5-3-8-4-9-6(5)7;;/h2*8-10H,2-7H2,1H3,(H,23,25)(H,20,21,22);6H,1-5H2,(H,15,17);3-4H,2H2,1H3,(H2,7,8,9);1H4;1H. The Hall–Kier alpha value is -6.46. The van der Waals surface area contributed by atoms with Gasteiger partial charge in [-0.05, 0) is 130 Å². The zero-order chi connectivity index (χ0) is 56.2. The lowest BCUT2D eigenvalue weighted by Crippen LogP contribution is -2.48. The number of amides is 3. The summed E-state index contributed by atoms with van der Waals surface area (Å²) in [7, 11) is 0. The number of hydrogen-bond acceptors (Lipinski definition) is 15. The molecule has 3 aliphatic heterocycles. The zero-order valence-corrected chi connectivity index (χ0v) is 49.1. The molecule has 3 aliphatic carbocycles. The normalized spacial score (nSPS) is 17.1. The largest absolute Gasteiger partial charge is 0.383 e. The van der Waals surface area contributed by atoms with E-state index < -0.39 is 17.0 Å². The van der Waals surface area contributed by atoms with Crippen LogP contribution in [0.25, 0.3) is 0 Å². The molecular weight excluding hydrogens is 1190 g/mol. The Morgan fingerprint density at radius 2 is 0.840 bits per heavy atom. The molecule has 0 bridgehead atoms. The molecule has 3 spiro atoms. The number of rotatable bonds is 7. The van der Waals surface area contributed by atoms with Crippen LogP contribution in [-0.4, -0.2) is 61.3 Å². The van der Waals surface area contributed by atoms with Crippen molar-refractivity contribution in [2.75, 3.05) is 16.4 Å². The molecule has 0 aromatic carbocycles. The minimum absolute atomic E-state index is 0. The summed E-state index contributed by atoms with van der Waals surface area (Å²) in [5, 5.41) is 16.0. The van der Waals surface area contributed by atoms with E-state index in [0.717, 1.165) is 132 Å². The average Bonchev–Trinajstić information content (AvgIpc) is 4.02. The first-order chi connectivity index (χ1) is 38.0. The maximum absolute atomic E-state index is 13.2. The van der Waals surface area contributed by atoms with Crippen molar-refractivity contribution in [2.24, 2.45) is 0 Å². The van der Waals surface area contributed by atoms with Gasteiger partial charge in [0, 0.05) is 35.3 Å². The van der Waals surface area contributed by atoms with E-state index in [2.05, 4.69) is 72.4 Å². The molecule has 6 aromatic heterocycles. The van der Waals surface area contributed by atoms with E-state index in [4.69, 9.17) is 40.5 Å². The molecule has 6 aliphatic rings. The second kappa shape index (κ2) is 26.2. The van der Waals surface area contributed by atoms with E-state index in [-0.39, 0.29) is 75.7 Å². The summed E-state index contributed by atoms with van der Waals surface area (Å²) >= 11 is 22.1. The number of carbonyl (C=O) groups excluding carboxylic acids is 3. The van der Waals surface area contributed by atoms with Crippen LogP contribution in [0.3, 0.4) is 0 Å². The number of anilines is 5. The Bertz CT molecular complexity index is 3370. The van der Waals surface area contributed by atoms with Gasteiger partial charge in [-0.2, -0.15) is 0 Å². The highest BCUT2D eigenvalue weighted by Gasteiger charge is 2.48. The van der Waals surface area contributed by atoms with Crippen LogP contribution < -0.4 is 49.0 Å². The summed E-state index contributed by atoms with van der Waals surface area (Å²) in [6.45, 7) is 6.01. The number of nitrogen functional groups attached to an aromatic ring is 1. The van der Waals surface area contributed by atoms with Gasteiger partial charge < -0.3 is 32.3 Å². The van der Waals surface area contributed by atoms with Crippen LogP contribution in [0.5, 0.6) is 0 Å². The number of fused-ring (bicyclic) bond motifs is 6. The third kappa shape index (κ3) is 12.2. The van der Waals surface area contributed by atoms with Crippen molar-refractivity contribution in [3.05, 3.63) is 140 Å². The fourth-order valence-corrected chi connectivity index (χ4v) is 12.9. The highest BCUT2D eigenvalue weighted by atomic mass is 79.9. The van der Waals surface area contributed by atoms with Gasteiger partial charge in [0.15, 0.2) is 0 Å². The molecule has 432 valence electrons. The molecule has 0 saturated heterocycles. The third-order valence-corrected chi connectivity index (χ3v) is 16.9. The van der Waals surface area contributed by atoms with Gasteiger partial charge in [0.2, 0.25) is 0 Å². The van der Waals surface area contributed by atoms with Gasteiger partial charge in [0.05, 0.1) is 19.5 Å². The van der Waals surface area contributed by atoms with Crippen LogP contribution >= 0.6 is 63.1 Å². The number of hydrogen-bond donors (Lipinski definition) is 6. The fourth-order valence-electron chi connectivity index (χ4n) is 11.6. The summed E-state index contributed by atoms with van der Waals surface area (Å²) in [5.74, 6) is 0.935. The van der Waals surface area contributed by atoms with E-state index in [1.807, 2.05) is 20.8 Å². The molecular formula is C55H66BrCl4N15O6. The monoisotopic (exact) mass is 1250 g/mol. The number of nitrogens with zero attached hydrogens (tertiary/aromatic N) is 9. The Morgan fingerprint density at radius 3 is 1.17 bits per heavy atom. The Balaban J connectivity index is 0.000000163. The molecule has 21 nitrogen and oxygen atoms in total. The first-order valence-corrected chi connectivity index (χ1v) is 28.6. The van der Waals surface area contributed by atoms with Crippen LogP contribution in [0.4, 0.5) is 28.8 Å². The summed E-state index contributed by atoms with van der Waals surface area (Å²) in [5.41, 5.74) is 7.13. The number of nitrogens with two attached hydrogens (primary N) is 1. The molecule has 3 fully saturated rings. The van der Waals surface area contributed by atoms with E-state index in [0.29, 0.717) is 44.0 Å². The van der Waals surface area contributed by atoms with Crippen molar-refractivity contribution in [2.45, 2.75) is 161 Å². The predicted octanol–water partition coefficient (Wildman–Crippen LogP) is 10.2. The molecule has 7 N–H and O–H groups in total. The number of pyridine rings is 3. The highest BCUT2D eigenvalue weighted by molar-refractivity contribution is 9.10. The molecule has 26 heteroatoms. The SMILES string of the molecule is C.CCc1cncnc1N.CCc1cncnc1Nc1cc(Cl)c2n(c1=O)C1(CCCCC1)NC2=O.CCc1cncnc1Nc1cc(Cl)c2n(c1=O)C1(CCCCC1)NC2=O.Cl.O=C1NC2(CCCCC2)n2c1c(Cl)cc(Br)c2=O. The number of halogens is 5. The van der Waals surface area contributed by atoms with Gasteiger partial charge in [-0.25, -0.2) is 29.9 Å². The lowest BCUT2D eigenvalue weighted by molar-refractivity contribution is 0.0867. The highest BCUT2D eigenvalue weighted by Crippen LogP contribution is 2.42. The van der Waals surface area contributed by atoms with Gasteiger partial charge in [0.25, 0.3) is 34.4 Å². The molecule has 81 heavy (non-hydrogen) atoms. The van der Waals surface area contributed by atoms with Gasteiger partial charge in [-0.1, -0.05) is 82.3 Å². The zero-order valence-electron chi connectivity index (χ0n) is 44.4. The van der Waals surface area contributed by atoms with Crippen LogP contribution in [0.15, 0.2) is 74.6 Å². The summed E-state index contributed by atoms with van der Waals surface area (Å²) in [4.78, 5) is 99.9. The van der Waals surface area contributed by atoms with E-state index in [1.54, 1.807) is 32.3 Å². The molecule has 0 atom stereocenters. The van der Waals surface area contributed by atoms with Gasteiger partial charge >= 0.3 is 0 Å². The maximum Gasteiger partial charge on any atom is 0.276 e. The van der Waals surface area contributed by atoms with Gasteiger partial charge in [-0.15, -0.1) is 12.4 Å². The van der Waals surface area contributed by atoms with Crippen LogP contribution in [0, 0.1) is 0 Å². The first kappa shape index (κ1) is 62.1. The van der Waals surface area contributed by atoms with E-state index >= 15 is 0 Å². The quantitative estimate of drug-likeness (QED) is 0.0867. The second-order valence-corrected chi connectivity index (χ2v) is 22.4. The maximum atomic E-state index is 13.2. The third-order valence-electron chi connectivity index (χ3n) is 15.5. The smallest absolute Gasteiger partial charge is 0.276 e. The lowest BCUT2D eigenvalue weighted by atomic mass is 9.89. The molecule has 3 amide bonds. The number of aryl methyl sites for hydroxylation is 3. The van der Waals surface area contributed by atoms with E-state index in [1.165, 1.54) is 37.2 Å². The average molecular weight is 1250 g/mol. The molecule has 0 radical (unpaired) electrons. The van der Waals surface area contributed by atoms with Gasteiger partial charge in [0.1, 0.15) is 81.9 Å². The summed E-state index contributed by atoms with van der Waals surface area (Å²) in [6.07, 6.45) is 25.6. The molecule has 6 aromatic rings. The molecule has 0 unspecified atom stereocenters. The minimum Gasteiger partial charge on any atom is -0.383 e. The molecule has 9 heterocycles. The summed E-state index contributed by atoms with van der Waals surface area (Å²) in [6, 6.07) is 4.52. The lowest BCUT2D eigenvalue weighted by Gasteiger charge is -2.35. The molecule has 3 saturated carbocycles. The van der Waals surface area contributed by atoms with Crippen molar-refractivity contribution in [3.63, 3.8) is 0 Å². The van der Waals surface area contributed by atoms with Gasteiger partial charge in [-0.3, -0.25) is 42.5 Å². The summed E-state index contributed by atoms with van der Waals surface area (Å²) < 4.78 is 5.08. The Morgan fingerprint density at radius 1 is 0.519 bits per heavy atom. The van der Waals surface area contributed by atoms with Crippen LogP contribution in [0.1, 0.15) is 173 Å². The van der Waals surface area contributed by atoms with Crippen molar-refractivity contribution in [1.29, 1.82) is 0 Å². The Labute approximate surface area is 498 Å². The molecule has 12 rings (SSSR count). The minimum atomic E-state index is -0.664. The second-order valence-electron chi connectivity index (χ2n) is 20.3. The topological polar surface area (TPSA) is 281 Å². The van der Waals surface area contributed by atoms with Crippen molar-refractivity contribution < 1.29 is 14.4 Å². The van der Waals surface area contributed by atoms with E-state index in [9.17, 15) is 28.8 Å². The van der Waals surface area contributed by atoms with Crippen LogP contribution in [0.2, 0.25) is 15.1 Å².